The molecule has 2 aliphatic rings. The molecule has 1 aromatic carbocycles. The van der Waals surface area contributed by atoms with Crippen molar-refractivity contribution in [3.8, 4) is 0 Å². The number of aromatic nitrogens is 1. The molecular formula is C23H27ClN4O3S. The maximum Gasteiger partial charge on any atom is 0.276 e. The lowest BCUT2D eigenvalue weighted by molar-refractivity contribution is 0.154. The second-order valence-electron chi connectivity index (χ2n) is 8.59. The largest absolute Gasteiger partial charge is 0.443 e. The van der Waals surface area contributed by atoms with Gasteiger partial charge in [-0.25, -0.2) is 8.42 Å². The molecule has 0 atom stereocenters. The maximum atomic E-state index is 13.1. The molecule has 32 heavy (non-hydrogen) atoms. The number of furan rings is 1. The lowest BCUT2D eigenvalue weighted by Crippen LogP contribution is -2.50. The highest BCUT2D eigenvalue weighted by molar-refractivity contribution is 7.89. The van der Waals surface area contributed by atoms with Crippen LogP contribution in [0, 0.1) is 5.92 Å². The van der Waals surface area contributed by atoms with Gasteiger partial charge < -0.3 is 14.2 Å². The minimum atomic E-state index is -3.65. The molecule has 4 heterocycles. The number of halogens is 1. The van der Waals surface area contributed by atoms with Crippen LogP contribution in [0.15, 0.2) is 58.3 Å². The van der Waals surface area contributed by atoms with Crippen LogP contribution < -0.4 is 4.90 Å². The summed E-state index contributed by atoms with van der Waals surface area (Å²) in [7, 11) is -3.65. The Morgan fingerprint density at radius 3 is 2.41 bits per heavy atom. The fourth-order valence-corrected chi connectivity index (χ4v) is 6.24. The summed E-state index contributed by atoms with van der Waals surface area (Å²) in [5.74, 6) is 0.649. The Labute approximate surface area is 193 Å². The average Bonchev–Trinajstić information content (AvgIpc) is 3.25. The highest BCUT2D eigenvalue weighted by atomic mass is 35.5. The molecule has 0 aliphatic carbocycles. The molecule has 3 aromatic rings. The molecule has 170 valence electrons. The van der Waals surface area contributed by atoms with Gasteiger partial charge >= 0.3 is 0 Å². The van der Waals surface area contributed by atoms with Crippen LogP contribution in [-0.4, -0.2) is 68.4 Å². The number of pyridine rings is 1. The van der Waals surface area contributed by atoms with Crippen molar-refractivity contribution in [1.29, 1.82) is 0 Å². The number of nitrogens with zero attached hydrogens (tertiary/aromatic N) is 4. The summed E-state index contributed by atoms with van der Waals surface area (Å²) < 4.78 is 33.3. The Morgan fingerprint density at radius 1 is 0.969 bits per heavy atom. The predicted octanol–water partition coefficient (Wildman–Crippen LogP) is 3.70. The number of sulfonamides is 1. The first-order valence-electron chi connectivity index (χ1n) is 11.1. The molecule has 2 aliphatic heterocycles. The van der Waals surface area contributed by atoms with Gasteiger partial charge in [0.2, 0.25) is 5.09 Å². The van der Waals surface area contributed by atoms with Crippen LogP contribution in [0.5, 0.6) is 0 Å². The molecule has 0 N–H and O–H groups in total. The van der Waals surface area contributed by atoms with Gasteiger partial charge in [0.25, 0.3) is 10.0 Å². The highest BCUT2D eigenvalue weighted by Crippen LogP contribution is 2.28. The van der Waals surface area contributed by atoms with Crippen molar-refractivity contribution < 1.29 is 12.8 Å². The lowest BCUT2D eigenvalue weighted by Gasteiger charge is -2.38. The van der Waals surface area contributed by atoms with E-state index < -0.39 is 10.0 Å². The van der Waals surface area contributed by atoms with E-state index in [-0.39, 0.29) is 5.09 Å². The SMILES string of the molecule is O=S(=O)(c1cc2cc(Cl)ccc2o1)N1CCN(CC2CCN(c3ccncc3)CC2)CC1. The number of piperidine rings is 1. The molecular weight excluding hydrogens is 448 g/mol. The highest BCUT2D eigenvalue weighted by Gasteiger charge is 2.32. The van der Waals surface area contributed by atoms with Gasteiger partial charge in [0.05, 0.1) is 0 Å². The van der Waals surface area contributed by atoms with E-state index in [1.807, 2.05) is 12.4 Å². The van der Waals surface area contributed by atoms with Crippen LogP contribution in [0.2, 0.25) is 5.02 Å². The van der Waals surface area contributed by atoms with E-state index in [9.17, 15) is 8.42 Å². The first-order chi connectivity index (χ1) is 15.5. The summed E-state index contributed by atoms with van der Waals surface area (Å²) in [5.41, 5.74) is 1.77. The van der Waals surface area contributed by atoms with Gasteiger partial charge in [-0.05, 0) is 49.1 Å². The molecule has 7 nitrogen and oxygen atoms in total. The Kier molecular flexibility index (Phi) is 6.11. The summed E-state index contributed by atoms with van der Waals surface area (Å²) in [4.78, 5) is 8.92. The zero-order valence-corrected chi connectivity index (χ0v) is 19.4. The standard InChI is InChI=1S/C23H27ClN4O3S/c24-20-1-2-22-19(15-20)16-23(31-22)32(29,30)28-13-11-26(12-14-28)17-18-5-9-27(10-6-18)21-3-7-25-8-4-21/h1-4,7-8,15-16,18H,5-6,9-14,17H2. The van der Waals surface area contributed by atoms with Crippen LogP contribution >= 0.6 is 11.6 Å². The van der Waals surface area contributed by atoms with Crippen molar-refractivity contribution in [3.05, 3.63) is 53.8 Å². The van der Waals surface area contributed by atoms with E-state index in [0.717, 1.165) is 45.6 Å². The summed E-state index contributed by atoms with van der Waals surface area (Å²) in [5, 5.41) is 1.25. The van der Waals surface area contributed by atoms with Gasteiger partial charge in [0, 0.05) is 80.4 Å². The molecule has 0 saturated carbocycles. The van der Waals surface area contributed by atoms with E-state index in [0.29, 0.717) is 35.0 Å². The zero-order valence-electron chi connectivity index (χ0n) is 17.9. The Hall–Kier alpha value is -2.13. The van der Waals surface area contributed by atoms with Gasteiger partial charge in [-0.15, -0.1) is 0 Å². The number of piperazine rings is 1. The number of hydrogen-bond donors (Lipinski definition) is 0. The molecule has 0 bridgehead atoms. The van der Waals surface area contributed by atoms with Gasteiger partial charge in [-0.3, -0.25) is 4.98 Å². The zero-order chi connectivity index (χ0) is 22.1. The van der Waals surface area contributed by atoms with Gasteiger partial charge in [0.15, 0.2) is 0 Å². The minimum absolute atomic E-state index is 0.00768. The van der Waals surface area contributed by atoms with Crippen molar-refractivity contribution in [2.24, 2.45) is 5.92 Å². The number of benzene rings is 1. The molecule has 2 saturated heterocycles. The van der Waals surface area contributed by atoms with Crippen molar-refractivity contribution in [3.63, 3.8) is 0 Å². The van der Waals surface area contributed by atoms with Crippen LogP contribution in [0.4, 0.5) is 5.69 Å². The molecule has 0 unspecified atom stereocenters. The number of rotatable bonds is 5. The second-order valence-corrected chi connectivity index (χ2v) is 10.9. The summed E-state index contributed by atoms with van der Waals surface area (Å²) in [6.07, 6.45) is 6.00. The van der Waals surface area contributed by atoms with Crippen molar-refractivity contribution >= 4 is 38.3 Å². The minimum Gasteiger partial charge on any atom is -0.443 e. The third kappa shape index (κ3) is 4.50. The number of hydrogen-bond acceptors (Lipinski definition) is 6. The van der Waals surface area contributed by atoms with Crippen LogP contribution in [0.3, 0.4) is 0 Å². The molecule has 2 aromatic heterocycles. The molecule has 0 amide bonds. The second kappa shape index (κ2) is 9.02. The smallest absolute Gasteiger partial charge is 0.276 e. The van der Waals surface area contributed by atoms with E-state index in [2.05, 4.69) is 26.9 Å². The summed E-state index contributed by atoms with van der Waals surface area (Å²) in [6.45, 7) is 5.59. The van der Waals surface area contributed by atoms with E-state index >= 15 is 0 Å². The van der Waals surface area contributed by atoms with E-state index in [1.54, 1.807) is 24.3 Å². The molecule has 2 fully saturated rings. The third-order valence-corrected chi connectivity index (χ3v) is 8.53. The first kappa shape index (κ1) is 21.7. The van der Waals surface area contributed by atoms with E-state index in [4.69, 9.17) is 16.0 Å². The Morgan fingerprint density at radius 2 is 1.69 bits per heavy atom. The predicted molar refractivity (Wildman–Crippen MR) is 126 cm³/mol. The van der Waals surface area contributed by atoms with Crippen molar-refractivity contribution in [2.45, 2.75) is 17.9 Å². The summed E-state index contributed by atoms with van der Waals surface area (Å²) in [6, 6.07) is 10.8. The van der Waals surface area contributed by atoms with Gasteiger partial charge in [0.1, 0.15) is 5.58 Å². The fraction of sp³-hybridized carbons (Fsp3) is 0.435. The van der Waals surface area contributed by atoms with Crippen LogP contribution in [0.1, 0.15) is 12.8 Å². The first-order valence-corrected chi connectivity index (χ1v) is 12.9. The van der Waals surface area contributed by atoms with Gasteiger partial charge in [-0.1, -0.05) is 11.6 Å². The third-order valence-electron chi connectivity index (χ3n) is 6.54. The molecule has 5 rings (SSSR count). The Bertz CT molecular complexity index is 1170. The van der Waals surface area contributed by atoms with Crippen LogP contribution in [-0.2, 0) is 10.0 Å². The topological polar surface area (TPSA) is 69.9 Å². The fourth-order valence-electron chi connectivity index (χ4n) is 4.69. The molecule has 0 spiro atoms. The Balaban J connectivity index is 1.15. The van der Waals surface area contributed by atoms with Gasteiger partial charge in [-0.2, -0.15) is 4.31 Å². The quantitative estimate of drug-likeness (QED) is 0.561. The summed E-state index contributed by atoms with van der Waals surface area (Å²) >= 11 is 6.01. The lowest BCUT2D eigenvalue weighted by atomic mass is 9.95. The van der Waals surface area contributed by atoms with Crippen LogP contribution in [0.25, 0.3) is 11.0 Å². The molecule has 9 heteroatoms. The van der Waals surface area contributed by atoms with Crippen molar-refractivity contribution in [2.75, 3.05) is 50.7 Å². The normalized spacial score (nSPS) is 19.6. The monoisotopic (exact) mass is 474 g/mol. The average molecular weight is 475 g/mol. The van der Waals surface area contributed by atoms with E-state index in [1.165, 1.54) is 9.99 Å². The molecule has 0 radical (unpaired) electrons. The van der Waals surface area contributed by atoms with Crippen molar-refractivity contribution in [1.82, 2.24) is 14.2 Å². The maximum absolute atomic E-state index is 13.1. The number of anilines is 1. The number of fused-ring (bicyclic) bond motifs is 1.